The second-order valence-electron chi connectivity index (χ2n) is 5.54. The van der Waals surface area contributed by atoms with Crippen LogP contribution in [0.4, 0.5) is 0 Å². The minimum absolute atomic E-state index is 0.0704. The lowest BCUT2D eigenvalue weighted by atomic mass is 10.0. The number of hydrogen-bond donors (Lipinski definition) is 1. The average Bonchev–Trinajstić information content (AvgIpc) is 2.87. The minimum Gasteiger partial charge on any atom is -0.353 e. The number of carbonyl (C=O) groups is 2. The maximum atomic E-state index is 12.1. The molecular formula is C14H24N2O4. The van der Waals surface area contributed by atoms with Crippen molar-refractivity contribution < 1.29 is 19.1 Å². The third-order valence-corrected chi connectivity index (χ3v) is 4.02. The highest BCUT2D eigenvalue weighted by Crippen LogP contribution is 2.31. The number of rotatable bonds is 4. The zero-order valence-electron chi connectivity index (χ0n) is 12.3. The topological polar surface area (TPSA) is 67.9 Å². The first-order valence-corrected chi connectivity index (χ1v) is 7.40. The third-order valence-electron chi connectivity index (χ3n) is 4.02. The van der Waals surface area contributed by atoms with Gasteiger partial charge in [0.05, 0.1) is 13.2 Å². The molecule has 0 saturated carbocycles. The van der Waals surface area contributed by atoms with Gasteiger partial charge in [-0.1, -0.05) is 6.92 Å². The van der Waals surface area contributed by atoms with Crippen LogP contribution < -0.4 is 5.32 Å². The van der Waals surface area contributed by atoms with E-state index in [2.05, 4.69) is 5.32 Å². The van der Waals surface area contributed by atoms with E-state index in [0.717, 1.165) is 6.42 Å². The first-order chi connectivity index (χ1) is 9.54. The molecule has 0 aromatic rings. The van der Waals surface area contributed by atoms with Gasteiger partial charge in [0.2, 0.25) is 11.8 Å². The number of nitrogens with one attached hydrogen (secondary N) is 1. The molecule has 2 aliphatic heterocycles. The Hall–Kier alpha value is -1.14. The molecule has 0 bridgehead atoms. The van der Waals surface area contributed by atoms with Gasteiger partial charge in [0.15, 0.2) is 5.79 Å². The highest BCUT2D eigenvalue weighted by Gasteiger charge is 2.40. The molecule has 1 atom stereocenters. The predicted molar refractivity (Wildman–Crippen MR) is 73.0 cm³/mol. The summed E-state index contributed by atoms with van der Waals surface area (Å²) < 4.78 is 11.2. The van der Waals surface area contributed by atoms with Crippen molar-refractivity contribution in [2.75, 3.05) is 26.3 Å². The van der Waals surface area contributed by atoms with Crippen molar-refractivity contribution in [3.8, 4) is 0 Å². The summed E-state index contributed by atoms with van der Waals surface area (Å²) in [5.74, 6) is -0.785. The molecule has 0 aliphatic carbocycles. The summed E-state index contributed by atoms with van der Waals surface area (Å²) in [6, 6.07) is 0.111. The molecule has 1 spiro atoms. The van der Waals surface area contributed by atoms with E-state index >= 15 is 0 Å². The monoisotopic (exact) mass is 284 g/mol. The van der Waals surface area contributed by atoms with Gasteiger partial charge in [0.1, 0.15) is 6.42 Å². The van der Waals surface area contributed by atoms with E-state index in [0.29, 0.717) is 39.1 Å². The van der Waals surface area contributed by atoms with E-state index in [9.17, 15) is 9.59 Å². The van der Waals surface area contributed by atoms with Gasteiger partial charge in [-0.3, -0.25) is 9.59 Å². The molecule has 0 radical (unpaired) electrons. The van der Waals surface area contributed by atoms with E-state index < -0.39 is 5.79 Å². The van der Waals surface area contributed by atoms with Crippen molar-refractivity contribution in [2.45, 2.75) is 51.4 Å². The van der Waals surface area contributed by atoms with E-state index in [1.54, 1.807) is 4.90 Å². The fraction of sp³-hybridized carbons (Fsp3) is 0.857. The van der Waals surface area contributed by atoms with Crippen LogP contribution in [0, 0.1) is 0 Å². The zero-order chi connectivity index (χ0) is 14.6. The Balaban J connectivity index is 1.75. The third kappa shape index (κ3) is 3.70. The number of carbonyl (C=O) groups excluding carboxylic acids is 2. The Labute approximate surface area is 119 Å². The van der Waals surface area contributed by atoms with Crippen molar-refractivity contribution in [1.29, 1.82) is 0 Å². The van der Waals surface area contributed by atoms with Gasteiger partial charge in [-0.25, -0.2) is 0 Å². The molecule has 2 aliphatic rings. The summed E-state index contributed by atoms with van der Waals surface area (Å²) in [5.41, 5.74) is 0. The minimum atomic E-state index is -0.476. The summed E-state index contributed by atoms with van der Waals surface area (Å²) in [6.45, 7) is 6.38. The number of piperidine rings is 1. The largest absolute Gasteiger partial charge is 0.353 e. The van der Waals surface area contributed by atoms with Crippen LogP contribution in [-0.2, 0) is 19.1 Å². The normalized spacial score (nSPS) is 22.8. The van der Waals surface area contributed by atoms with Gasteiger partial charge in [-0.15, -0.1) is 0 Å². The van der Waals surface area contributed by atoms with Gasteiger partial charge in [-0.2, -0.15) is 0 Å². The maximum Gasteiger partial charge on any atom is 0.232 e. The molecule has 6 nitrogen and oxygen atoms in total. The Morgan fingerprint density at radius 1 is 1.25 bits per heavy atom. The molecule has 2 saturated heterocycles. The Morgan fingerprint density at radius 2 is 1.85 bits per heavy atom. The standard InChI is InChI=1S/C14H24N2O4/c1-3-11(2)15-12(17)10-13(18)16-6-4-14(5-7-16)19-8-9-20-14/h11H,3-10H2,1-2H3,(H,15,17). The summed E-state index contributed by atoms with van der Waals surface area (Å²) in [6.07, 6.45) is 2.16. The molecule has 2 heterocycles. The lowest BCUT2D eigenvalue weighted by Gasteiger charge is -2.37. The van der Waals surface area contributed by atoms with Crippen molar-refractivity contribution >= 4 is 11.8 Å². The van der Waals surface area contributed by atoms with Gasteiger partial charge in [0.25, 0.3) is 0 Å². The molecule has 2 rings (SSSR count). The summed E-state index contributed by atoms with van der Waals surface area (Å²) >= 11 is 0. The Bertz CT molecular complexity index is 356. The molecule has 114 valence electrons. The lowest BCUT2D eigenvalue weighted by molar-refractivity contribution is -0.187. The number of likely N-dealkylation sites (tertiary alicyclic amines) is 1. The second-order valence-corrected chi connectivity index (χ2v) is 5.54. The molecule has 0 aromatic carbocycles. The van der Waals surface area contributed by atoms with Crippen LogP contribution in [0.15, 0.2) is 0 Å². The molecule has 2 amide bonds. The van der Waals surface area contributed by atoms with Gasteiger partial charge < -0.3 is 19.7 Å². The lowest BCUT2D eigenvalue weighted by Crippen LogP contribution is -2.48. The highest BCUT2D eigenvalue weighted by atomic mass is 16.7. The zero-order valence-corrected chi connectivity index (χ0v) is 12.3. The predicted octanol–water partition coefficient (Wildman–Crippen LogP) is 0.657. The molecule has 20 heavy (non-hydrogen) atoms. The van der Waals surface area contributed by atoms with Gasteiger partial charge in [0, 0.05) is 32.0 Å². The Kier molecular flexibility index (Phi) is 4.99. The van der Waals surface area contributed by atoms with Crippen LogP contribution in [0.25, 0.3) is 0 Å². The number of amides is 2. The van der Waals surface area contributed by atoms with Gasteiger partial charge in [-0.05, 0) is 13.3 Å². The van der Waals surface area contributed by atoms with Crippen LogP contribution in [0.3, 0.4) is 0 Å². The maximum absolute atomic E-state index is 12.1. The van der Waals surface area contributed by atoms with E-state index in [1.807, 2.05) is 13.8 Å². The van der Waals surface area contributed by atoms with Crippen LogP contribution in [-0.4, -0.2) is 54.8 Å². The summed E-state index contributed by atoms with van der Waals surface area (Å²) in [7, 11) is 0. The smallest absolute Gasteiger partial charge is 0.232 e. The Morgan fingerprint density at radius 3 is 2.40 bits per heavy atom. The second kappa shape index (κ2) is 6.54. The van der Waals surface area contributed by atoms with Gasteiger partial charge >= 0.3 is 0 Å². The van der Waals surface area contributed by atoms with Crippen molar-refractivity contribution in [3.63, 3.8) is 0 Å². The average molecular weight is 284 g/mol. The number of hydrogen-bond acceptors (Lipinski definition) is 4. The summed E-state index contributed by atoms with van der Waals surface area (Å²) in [5, 5.41) is 2.81. The van der Waals surface area contributed by atoms with Crippen molar-refractivity contribution in [1.82, 2.24) is 10.2 Å². The van der Waals surface area contributed by atoms with Crippen LogP contribution >= 0.6 is 0 Å². The molecular weight excluding hydrogens is 260 g/mol. The van der Waals surface area contributed by atoms with E-state index in [-0.39, 0.29) is 24.3 Å². The molecule has 6 heteroatoms. The molecule has 2 fully saturated rings. The summed E-state index contributed by atoms with van der Waals surface area (Å²) in [4.78, 5) is 25.5. The number of nitrogens with zero attached hydrogens (tertiary/aromatic N) is 1. The molecule has 1 N–H and O–H groups in total. The van der Waals surface area contributed by atoms with Crippen molar-refractivity contribution in [2.24, 2.45) is 0 Å². The van der Waals surface area contributed by atoms with Crippen molar-refractivity contribution in [3.05, 3.63) is 0 Å². The SMILES string of the molecule is CCC(C)NC(=O)CC(=O)N1CCC2(CC1)OCCO2. The van der Waals surface area contributed by atoms with Crippen LogP contribution in [0.5, 0.6) is 0 Å². The van der Waals surface area contributed by atoms with E-state index in [4.69, 9.17) is 9.47 Å². The van der Waals surface area contributed by atoms with E-state index in [1.165, 1.54) is 0 Å². The quantitative estimate of drug-likeness (QED) is 0.770. The fourth-order valence-corrected chi connectivity index (χ4v) is 2.56. The number of ether oxygens (including phenoxy) is 2. The first-order valence-electron chi connectivity index (χ1n) is 7.40. The first kappa shape index (κ1) is 15.3. The molecule has 0 aromatic heterocycles. The van der Waals surface area contributed by atoms with Crippen LogP contribution in [0.1, 0.15) is 39.5 Å². The molecule has 1 unspecified atom stereocenters. The highest BCUT2D eigenvalue weighted by molar-refractivity contribution is 5.97. The fourth-order valence-electron chi connectivity index (χ4n) is 2.56. The van der Waals surface area contributed by atoms with Crippen LogP contribution in [0.2, 0.25) is 0 Å².